The van der Waals surface area contributed by atoms with Gasteiger partial charge in [-0.25, -0.2) is 9.13 Å². The molecule has 0 aromatic carbocycles. The molecule has 0 saturated heterocycles. The molecule has 17 nitrogen and oxygen atoms in total. The number of hydrogen-bond acceptors (Lipinski definition) is 15. The molecule has 0 rings (SSSR count). The second-order valence-electron chi connectivity index (χ2n) is 27.4. The van der Waals surface area contributed by atoms with Crippen LogP contribution in [0.4, 0.5) is 0 Å². The summed E-state index contributed by atoms with van der Waals surface area (Å²) in [5, 5.41) is 10.6. The van der Waals surface area contributed by atoms with E-state index in [0.717, 1.165) is 128 Å². The molecule has 0 saturated carbocycles. The predicted octanol–water partition coefficient (Wildman–Crippen LogP) is 23.1. The van der Waals surface area contributed by atoms with Gasteiger partial charge in [-0.1, -0.05) is 315 Å². The zero-order chi connectivity index (χ0) is 71.8. The number of esters is 4. The monoisotopic (exact) mass is 1430 g/mol. The van der Waals surface area contributed by atoms with Crippen LogP contribution in [0.2, 0.25) is 0 Å². The lowest BCUT2D eigenvalue weighted by Gasteiger charge is -2.21. The molecule has 0 bridgehead atoms. The first-order chi connectivity index (χ1) is 47.7. The van der Waals surface area contributed by atoms with Gasteiger partial charge in [0.2, 0.25) is 0 Å². The summed E-state index contributed by atoms with van der Waals surface area (Å²) in [6.07, 6.45) is 68.3. The van der Waals surface area contributed by atoms with E-state index in [1.54, 1.807) is 0 Å². The van der Waals surface area contributed by atoms with Crippen molar-refractivity contribution in [2.75, 3.05) is 39.6 Å². The van der Waals surface area contributed by atoms with Gasteiger partial charge in [-0.3, -0.25) is 37.3 Å². The van der Waals surface area contributed by atoms with Gasteiger partial charge in [0.05, 0.1) is 26.4 Å². The number of phosphoric acid groups is 2. The number of ether oxygens (including phenoxy) is 4. The van der Waals surface area contributed by atoms with Crippen LogP contribution >= 0.6 is 15.6 Å². The highest BCUT2D eigenvalue weighted by atomic mass is 31.2. The zero-order valence-corrected chi connectivity index (χ0v) is 64.8. The fourth-order valence-corrected chi connectivity index (χ4v) is 13.0. The number of hydrogen-bond donors (Lipinski definition) is 3. The number of unbranched alkanes of at least 4 members (excludes halogenated alkanes) is 45. The molecule has 0 aliphatic carbocycles. The number of rotatable bonds is 77. The Morgan fingerprint density at radius 1 is 0.286 bits per heavy atom. The lowest BCUT2D eigenvalue weighted by Crippen LogP contribution is -2.30. The van der Waals surface area contributed by atoms with Crippen molar-refractivity contribution in [1.82, 2.24) is 0 Å². The maximum absolute atomic E-state index is 13.1. The highest BCUT2D eigenvalue weighted by Crippen LogP contribution is 2.45. The van der Waals surface area contributed by atoms with Crippen LogP contribution in [0.1, 0.15) is 387 Å². The average molecular weight is 1430 g/mol. The number of aliphatic hydroxyl groups is 1. The summed E-state index contributed by atoms with van der Waals surface area (Å²) < 4.78 is 68.6. The minimum atomic E-state index is -4.97. The van der Waals surface area contributed by atoms with E-state index >= 15 is 0 Å². The van der Waals surface area contributed by atoms with Gasteiger partial charge in [-0.15, -0.1) is 0 Å². The zero-order valence-electron chi connectivity index (χ0n) is 63.0. The summed E-state index contributed by atoms with van der Waals surface area (Å²) in [7, 11) is -9.93. The van der Waals surface area contributed by atoms with Gasteiger partial charge in [0, 0.05) is 25.7 Å². The molecule has 0 fully saturated rings. The average Bonchev–Trinajstić information content (AvgIpc) is 1.04. The first-order valence-electron chi connectivity index (χ1n) is 40.2. The summed E-state index contributed by atoms with van der Waals surface area (Å²) in [4.78, 5) is 72.9. The van der Waals surface area contributed by atoms with Crippen molar-refractivity contribution in [3.8, 4) is 0 Å². The summed E-state index contributed by atoms with van der Waals surface area (Å²) in [6.45, 7) is 4.92. The Bertz CT molecular complexity index is 2000. The van der Waals surface area contributed by atoms with Crippen molar-refractivity contribution >= 4 is 39.5 Å². The van der Waals surface area contributed by atoms with E-state index in [4.69, 9.17) is 37.0 Å². The molecule has 0 aliphatic rings. The third-order valence-electron chi connectivity index (χ3n) is 17.6. The van der Waals surface area contributed by atoms with Crippen molar-refractivity contribution in [2.45, 2.75) is 406 Å². The Morgan fingerprint density at radius 2 is 0.500 bits per heavy atom. The fraction of sp³-hybridized carbons (Fsp3) is 0.873. The SMILES string of the molecule is CCCCC/C=C\C/C=C\CCCCCCCC(=O)O[C@H](COC(=O)CCCCCCC/C=C\CCCCCCCC)COP(=O)(O)OC[C@H](O)COP(=O)(O)OC[C@@H](COC(=O)CCCCCCCCCCCCCCC)OC(=O)CCCCCCCCCCCCCCCCC. The summed E-state index contributed by atoms with van der Waals surface area (Å²) in [5.41, 5.74) is 0. The van der Waals surface area contributed by atoms with Crippen molar-refractivity contribution in [1.29, 1.82) is 0 Å². The molecular formula is C79H148O17P2. The van der Waals surface area contributed by atoms with E-state index in [1.165, 1.54) is 180 Å². The van der Waals surface area contributed by atoms with Crippen molar-refractivity contribution < 1.29 is 80.2 Å². The van der Waals surface area contributed by atoms with Gasteiger partial charge in [0.1, 0.15) is 19.3 Å². The predicted molar refractivity (Wildman–Crippen MR) is 400 cm³/mol. The minimum Gasteiger partial charge on any atom is -0.462 e. The maximum atomic E-state index is 13.1. The van der Waals surface area contributed by atoms with E-state index in [0.29, 0.717) is 25.7 Å². The smallest absolute Gasteiger partial charge is 0.462 e. The number of allylic oxidation sites excluding steroid dienone is 6. The first kappa shape index (κ1) is 95.3. The van der Waals surface area contributed by atoms with Gasteiger partial charge < -0.3 is 33.8 Å². The second-order valence-corrected chi connectivity index (χ2v) is 30.3. The Hall–Kier alpha value is -2.72. The Morgan fingerprint density at radius 3 is 0.786 bits per heavy atom. The fourth-order valence-electron chi connectivity index (χ4n) is 11.4. The topological polar surface area (TPSA) is 237 Å². The molecule has 0 radical (unpaired) electrons. The molecule has 98 heavy (non-hydrogen) atoms. The quantitative estimate of drug-likeness (QED) is 0.0169. The highest BCUT2D eigenvalue weighted by molar-refractivity contribution is 7.47. The number of carbonyl (C=O) groups is 4. The van der Waals surface area contributed by atoms with Crippen LogP contribution in [0, 0.1) is 0 Å². The molecule has 0 aromatic heterocycles. The molecule has 576 valence electrons. The number of carbonyl (C=O) groups excluding carboxylic acids is 4. The van der Waals surface area contributed by atoms with Gasteiger partial charge >= 0.3 is 39.5 Å². The molecule has 0 spiro atoms. The van der Waals surface area contributed by atoms with E-state index in [1.807, 2.05) is 0 Å². The van der Waals surface area contributed by atoms with Crippen LogP contribution in [0.3, 0.4) is 0 Å². The number of phosphoric ester groups is 2. The van der Waals surface area contributed by atoms with Crippen molar-refractivity contribution in [3.63, 3.8) is 0 Å². The molecule has 0 heterocycles. The normalized spacial score (nSPS) is 14.1. The summed E-state index contributed by atoms with van der Waals surface area (Å²) >= 11 is 0. The van der Waals surface area contributed by atoms with Crippen LogP contribution < -0.4 is 0 Å². The lowest BCUT2D eigenvalue weighted by molar-refractivity contribution is -0.161. The molecular weight excluding hydrogens is 1280 g/mol. The van der Waals surface area contributed by atoms with E-state index < -0.39 is 97.5 Å². The first-order valence-corrected chi connectivity index (χ1v) is 43.2. The van der Waals surface area contributed by atoms with Crippen molar-refractivity contribution in [2.24, 2.45) is 0 Å². The Labute approximate surface area is 598 Å². The van der Waals surface area contributed by atoms with Crippen LogP contribution in [0.15, 0.2) is 36.5 Å². The third kappa shape index (κ3) is 71.7. The van der Waals surface area contributed by atoms with Crippen LogP contribution in [0.25, 0.3) is 0 Å². The van der Waals surface area contributed by atoms with E-state index in [-0.39, 0.29) is 25.7 Å². The minimum absolute atomic E-state index is 0.0835. The van der Waals surface area contributed by atoms with Gasteiger partial charge in [-0.05, 0) is 83.5 Å². The maximum Gasteiger partial charge on any atom is 0.472 e. The molecule has 3 N–H and O–H groups in total. The molecule has 0 amide bonds. The van der Waals surface area contributed by atoms with Crippen LogP contribution in [-0.2, 0) is 65.4 Å². The van der Waals surface area contributed by atoms with Crippen LogP contribution in [-0.4, -0.2) is 96.7 Å². The molecule has 5 atom stereocenters. The molecule has 2 unspecified atom stereocenters. The van der Waals surface area contributed by atoms with Gasteiger partial charge in [0.15, 0.2) is 12.2 Å². The Kier molecular flexibility index (Phi) is 70.6. The largest absolute Gasteiger partial charge is 0.472 e. The van der Waals surface area contributed by atoms with Crippen molar-refractivity contribution in [3.05, 3.63) is 36.5 Å². The summed E-state index contributed by atoms with van der Waals surface area (Å²) in [5.74, 6) is -2.15. The second kappa shape index (κ2) is 72.6. The lowest BCUT2D eigenvalue weighted by atomic mass is 10.0. The van der Waals surface area contributed by atoms with Gasteiger partial charge in [-0.2, -0.15) is 0 Å². The standard InChI is InChI=1S/C79H148O17P2/c1-5-9-13-17-21-25-29-33-36-40-44-48-52-56-60-64-77(82)90-70-75(96-79(84)66-62-58-54-50-46-42-38-35-31-27-23-19-15-11-7-3)72-94-98(87,88)92-68-73(80)67-91-97(85,86)93-71-74(69-89-76(81)63-59-55-51-47-43-39-32-28-24-20-16-12-8-4)95-78(83)65-61-57-53-49-45-41-37-34-30-26-22-18-14-10-6-2/h23,27,33,35-36,38,73-75,80H,5-22,24-26,28-32,34,37,39-72H2,1-4H3,(H,85,86)(H,87,88)/b27-23-,36-33-,38-35-/t73-,74-,75-/m1/s1. The van der Waals surface area contributed by atoms with E-state index in [2.05, 4.69) is 64.2 Å². The van der Waals surface area contributed by atoms with Crippen LogP contribution in [0.5, 0.6) is 0 Å². The highest BCUT2D eigenvalue weighted by Gasteiger charge is 2.30. The van der Waals surface area contributed by atoms with E-state index in [9.17, 15) is 43.2 Å². The molecule has 0 aromatic rings. The molecule has 19 heteroatoms. The molecule has 0 aliphatic heterocycles. The van der Waals surface area contributed by atoms with Gasteiger partial charge in [0.25, 0.3) is 0 Å². The number of aliphatic hydroxyl groups excluding tert-OH is 1. The summed E-state index contributed by atoms with van der Waals surface area (Å²) in [6, 6.07) is 0. The Balaban J connectivity index is 5.32. The third-order valence-corrected chi connectivity index (χ3v) is 19.5.